The summed E-state index contributed by atoms with van der Waals surface area (Å²) in [5.74, 6) is 1.56. The number of fused-ring (bicyclic) bond motifs is 1. The lowest BCUT2D eigenvalue weighted by atomic mass is 10.0. The third kappa shape index (κ3) is 2.92. The van der Waals surface area contributed by atoms with E-state index in [1.54, 1.807) is 14.2 Å². The van der Waals surface area contributed by atoms with Crippen molar-refractivity contribution in [3.8, 4) is 11.5 Å². The number of hydrogen-bond acceptors (Lipinski definition) is 4. The molecule has 0 bridgehead atoms. The largest absolute Gasteiger partial charge is 0.493 e. The number of carbonyl (C=O) groups is 1. The zero-order chi connectivity index (χ0) is 15.5. The van der Waals surface area contributed by atoms with Gasteiger partial charge >= 0.3 is 0 Å². The molecule has 3 rings (SSSR count). The van der Waals surface area contributed by atoms with Crippen molar-refractivity contribution in [2.24, 2.45) is 0 Å². The van der Waals surface area contributed by atoms with Gasteiger partial charge in [-0.1, -0.05) is 12.1 Å². The number of likely N-dealkylation sites (tertiary alicyclic amines) is 1. The van der Waals surface area contributed by atoms with Crippen LogP contribution in [0.5, 0.6) is 11.5 Å². The highest BCUT2D eigenvalue weighted by Crippen LogP contribution is 2.32. The van der Waals surface area contributed by atoms with Crippen molar-refractivity contribution in [3.63, 3.8) is 0 Å². The van der Waals surface area contributed by atoms with Crippen molar-refractivity contribution < 1.29 is 14.3 Å². The normalized spacial score (nSPS) is 15.2. The first-order chi connectivity index (χ1) is 10.7. The fraction of sp³-hybridized carbons (Fsp3) is 0.389. The first-order valence-corrected chi connectivity index (χ1v) is 7.62. The lowest BCUT2D eigenvalue weighted by Crippen LogP contribution is -2.26. The van der Waals surface area contributed by atoms with Crippen LogP contribution in [0.15, 0.2) is 30.3 Å². The first kappa shape index (κ1) is 14.9. The molecule has 4 nitrogen and oxygen atoms in total. The minimum atomic E-state index is 0.179. The van der Waals surface area contributed by atoms with Gasteiger partial charge in [0.25, 0.3) is 0 Å². The van der Waals surface area contributed by atoms with Gasteiger partial charge in [0.2, 0.25) is 0 Å². The Balaban J connectivity index is 1.89. The van der Waals surface area contributed by atoms with Crippen LogP contribution in [0.1, 0.15) is 23.2 Å². The van der Waals surface area contributed by atoms with Gasteiger partial charge in [-0.3, -0.25) is 9.69 Å². The Morgan fingerprint density at radius 3 is 2.27 bits per heavy atom. The number of nitrogens with zero attached hydrogens (tertiary/aromatic N) is 1. The molecule has 1 heterocycles. The number of carbonyl (C=O) groups excluding carboxylic acids is 1. The molecule has 0 amide bonds. The van der Waals surface area contributed by atoms with Crippen LogP contribution in [-0.4, -0.2) is 44.5 Å². The third-order valence-electron chi connectivity index (χ3n) is 4.23. The number of ketones is 1. The monoisotopic (exact) mass is 299 g/mol. The molecule has 0 aromatic heterocycles. The molecule has 0 unspecified atom stereocenters. The Labute approximate surface area is 130 Å². The standard InChI is InChI=1S/C18H21NO3/c1-21-17-10-13-5-6-14(9-15(13)11-18(17)22-2)16(20)12-19-7-3-4-8-19/h5-6,9-11H,3-4,7-8,12H2,1-2H3. The maximum Gasteiger partial charge on any atom is 0.176 e. The number of benzene rings is 2. The van der Waals surface area contributed by atoms with E-state index in [1.807, 2.05) is 30.3 Å². The summed E-state index contributed by atoms with van der Waals surface area (Å²) in [5, 5.41) is 2.03. The highest BCUT2D eigenvalue weighted by molar-refractivity contribution is 6.01. The lowest BCUT2D eigenvalue weighted by molar-refractivity contribution is 0.0945. The van der Waals surface area contributed by atoms with Crippen molar-refractivity contribution in [1.82, 2.24) is 4.90 Å². The van der Waals surface area contributed by atoms with Crippen LogP contribution >= 0.6 is 0 Å². The van der Waals surface area contributed by atoms with Crippen LogP contribution < -0.4 is 9.47 Å². The third-order valence-corrected chi connectivity index (χ3v) is 4.23. The zero-order valence-electron chi connectivity index (χ0n) is 13.1. The van der Waals surface area contributed by atoms with E-state index in [0.717, 1.165) is 29.4 Å². The van der Waals surface area contributed by atoms with Crippen LogP contribution in [0.2, 0.25) is 0 Å². The molecule has 2 aromatic carbocycles. The highest BCUT2D eigenvalue weighted by Gasteiger charge is 2.16. The van der Waals surface area contributed by atoms with E-state index in [1.165, 1.54) is 12.8 Å². The summed E-state index contributed by atoms with van der Waals surface area (Å²) < 4.78 is 10.6. The molecule has 0 spiro atoms. The first-order valence-electron chi connectivity index (χ1n) is 7.62. The number of Topliss-reactive ketones (excluding diaryl/α,β-unsaturated/α-hetero) is 1. The Hall–Kier alpha value is -2.07. The molecular formula is C18H21NO3. The maximum atomic E-state index is 12.4. The molecule has 0 aliphatic carbocycles. The van der Waals surface area contributed by atoms with Crippen LogP contribution in [0.4, 0.5) is 0 Å². The van der Waals surface area contributed by atoms with Gasteiger partial charge in [-0.2, -0.15) is 0 Å². The summed E-state index contributed by atoms with van der Waals surface area (Å²) in [6.45, 7) is 2.58. The summed E-state index contributed by atoms with van der Waals surface area (Å²) >= 11 is 0. The van der Waals surface area contributed by atoms with Gasteiger partial charge < -0.3 is 9.47 Å². The number of hydrogen-bond donors (Lipinski definition) is 0. The fourth-order valence-corrected chi connectivity index (χ4v) is 2.98. The SMILES string of the molecule is COc1cc2ccc(C(=O)CN3CCCC3)cc2cc1OC. The number of ether oxygens (including phenoxy) is 2. The van der Waals surface area contributed by atoms with Gasteiger partial charge in [0.05, 0.1) is 20.8 Å². The highest BCUT2D eigenvalue weighted by atomic mass is 16.5. The van der Waals surface area contributed by atoms with Crippen molar-refractivity contribution in [2.45, 2.75) is 12.8 Å². The van der Waals surface area contributed by atoms with E-state index in [-0.39, 0.29) is 5.78 Å². The molecule has 22 heavy (non-hydrogen) atoms. The molecule has 0 radical (unpaired) electrons. The van der Waals surface area contributed by atoms with Gasteiger partial charge in [-0.25, -0.2) is 0 Å². The van der Waals surface area contributed by atoms with Crippen molar-refractivity contribution in [1.29, 1.82) is 0 Å². The summed E-state index contributed by atoms with van der Waals surface area (Å²) in [5.41, 5.74) is 0.756. The molecule has 0 N–H and O–H groups in total. The Bertz CT molecular complexity index is 690. The molecule has 2 aromatic rings. The smallest absolute Gasteiger partial charge is 0.176 e. The molecular weight excluding hydrogens is 278 g/mol. The van der Waals surface area contributed by atoms with Gasteiger partial charge in [0, 0.05) is 5.56 Å². The van der Waals surface area contributed by atoms with Crippen molar-refractivity contribution >= 4 is 16.6 Å². The molecule has 1 saturated heterocycles. The lowest BCUT2D eigenvalue weighted by Gasteiger charge is -2.14. The molecule has 1 fully saturated rings. The molecule has 1 aliphatic rings. The fourth-order valence-electron chi connectivity index (χ4n) is 2.98. The molecule has 116 valence electrons. The van der Waals surface area contributed by atoms with Crippen LogP contribution in [0, 0.1) is 0 Å². The summed E-state index contributed by atoms with van der Waals surface area (Å²) in [7, 11) is 3.24. The molecule has 1 aliphatic heterocycles. The second-order valence-electron chi connectivity index (χ2n) is 5.68. The van der Waals surface area contributed by atoms with Gasteiger partial charge in [-0.05, 0) is 54.9 Å². The van der Waals surface area contributed by atoms with Gasteiger partial charge in [0.1, 0.15) is 0 Å². The second-order valence-corrected chi connectivity index (χ2v) is 5.68. The minimum Gasteiger partial charge on any atom is -0.493 e. The van der Waals surface area contributed by atoms with E-state index in [4.69, 9.17) is 9.47 Å². The predicted octanol–water partition coefficient (Wildman–Crippen LogP) is 3.14. The predicted molar refractivity (Wildman–Crippen MR) is 87.1 cm³/mol. The van der Waals surface area contributed by atoms with Gasteiger partial charge in [0.15, 0.2) is 17.3 Å². The van der Waals surface area contributed by atoms with E-state index in [2.05, 4.69) is 4.90 Å². The average molecular weight is 299 g/mol. The van der Waals surface area contributed by atoms with Crippen molar-refractivity contribution in [3.05, 3.63) is 35.9 Å². The van der Waals surface area contributed by atoms with E-state index < -0.39 is 0 Å². The quantitative estimate of drug-likeness (QED) is 0.795. The molecule has 0 atom stereocenters. The van der Waals surface area contributed by atoms with Gasteiger partial charge in [-0.15, -0.1) is 0 Å². The minimum absolute atomic E-state index is 0.179. The topological polar surface area (TPSA) is 38.8 Å². The van der Waals surface area contributed by atoms with Crippen LogP contribution in [0.3, 0.4) is 0 Å². The molecule has 0 saturated carbocycles. The van der Waals surface area contributed by atoms with Crippen LogP contribution in [-0.2, 0) is 0 Å². The summed E-state index contributed by atoms with van der Waals surface area (Å²) in [6, 6.07) is 9.65. The Morgan fingerprint density at radius 1 is 1.00 bits per heavy atom. The average Bonchev–Trinajstić information content (AvgIpc) is 3.05. The van der Waals surface area contributed by atoms with Crippen molar-refractivity contribution in [2.75, 3.05) is 33.9 Å². The zero-order valence-corrected chi connectivity index (χ0v) is 13.1. The maximum absolute atomic E-state index is 12.4. The van der Waals surface area contributed by atoms with E-state index >= 15 is 0 Å². The van der Waals surface area contributed by atoms with E-state index in [9.17, 15) is 4.79 Å². The number of rotatable bonds is 5. The summed E-state index contributed by atoms with van der Waals surface area (Å²) in [6.07, 6.45) is 2.39. The summed E-state index contributed by atoms with van der Waals surface area (Å²) in [4.78, 5) is 14.6. The molecule has 4 heteroatoms. The second kappa shape index (κ2) is 6.36. The van der Waals surface area contributed by atoms with Crippen LogP contribution in [0.25, 0.3) is 10.8 Å². The number of methoxy groups -OCH3 is 2. The van der Waals surface area contributed by atoms with E-state index in [0.29, 0.717) is 18.0 Å². The Kier molecular flexibility index (Phi) is 4.29. The Morgan fingerprint density at radius 2 is 1.64 bits per heavy atom.